The number of H-pyrrole nitrogens is 6. The number of benzene rings is 4. The number of hydrogen-bond donors (Lipinski definition) is 8. The number of amides is 1. The van der Waals surface area contributed by atoms with Crippen molar-refractivity contribution in [2.45, 2.75) is 59.9 Å². The topological polar surface area (TPSA) is 553 Å². The molecule has 8 N–H and O–H groups in total. The lowest BCUT2D eigenvalue weighted by Crippen LogP contribution is -2.27. The minimum atomic E-state index is -0.472. The maximum absolute atomic E-state index is 11.9. The smallest absolute Gasteiger partial charge is 0.347 e. The van der Waals surface area contributed by atoms with Crippen LogP contribution in [0.4, 0.5) is 0 Å². The minimum Gasteiger partial charge on any atom is -0.507 e. The van der Waals surface area contributed by atoms with Gasteiger partial charge in [-0.05, 0) is 93.5 Å². The summed E-state index contributed by atoms with van der Waals surface area (Å²) < 4.78 is 13.5. The third-order valence-corrected chi connectivity index (χ3v) is 12.9. The van der Waals surface area contributed by atoms with Gasteiger partial charge in [0.1, 0.15) is 23.3 Å². The second-order valence-corrected chi connectivity index (χ2v) is 19.5. The van der Waals surface area contributed by atoms with E-state index in [9.17, 15) is 38.7 Å². The standard InChI is InChI=1S/C11H12N4O2.C10H7N5O.C10H6N4O2.C8H8N4.C6H5N5O2.C6H10N4O2.C5H5N5O/c1-2-7-3-4-9(16)8(5-7)10(17)6-11-12-14-15-13-11;16-9-6-8(7-4-2-1-3-5-7)11-10-12-13-14-15(9)10;15-10-7(9-11-13-14-12-9)5-6-3-1-2-4-8(6)16-10;1-6-2-4-7(5-3-6)8-9-11-12-10-8;12-4-1-5(13)7-2-3(4)6-8-10-11-9-6;1-3-10-5(7-8-9-10)4-6(11)12-2;1-3-2-4(11)10-5(6-3)7-8-9-10/h3-5,16H,2,6H2,1H3,(H,12,13,14,15);1-6H,(H,11,12,14);1-5H,(H,11,12,13,14);2-5H,1H3,(H,9,10,11,12);2H,1H2,(H,7,13)(H,8,9,10,11);3-4H2,1-2H3;2H,1H3,(H,6,7,9). The monoisotopic (exact) mass is 1320 g/mol. The van der Waals surface area contributed by atoms with E-state index in [1.165, 1.54) is 46.1 Å². The van der Waals surface area contributed by atoms with Crippen LogP contribution in [0.25, 0.3) is 62.1 Å². The number of Topliss-reactive ketones (excluding diaryl/α,β-unsaturated/α-hetero) is 2. The number of methoxy groups -OCH3 is 1. The molecule has 492 valence electrons. The molecule has 0 aliphatic carbocycles. The Balaban J connectivity index is 0.000000133. The average molecular weight is 1320 g/mol. The van der Waals surface area contributed by atoms with Gasteiger partial charge in [0.15, 0.2) is 23.2 Å². The van der Waals surface area contributed by atoms with E-state index < -0.39 is 5.63 Å². The summed E-state index contributed by atoms with van der Waals surface area (Å²) in [6.45, 7) is 8.31. The largest absolute Gasteiger partial charge is 0.507 e. The van der Waals surface area contributed by atoms with Gasteiger partial charge in [-0.3, -0.25) is 28.8 Å². The number of nitrogens with one attached hydrogen (secondary N) is 7. The fraction of sp³-hybridized carbons (Fsp3) is 0.179. The van der Waals surface area contributed by atoms with Crippen LogP contribution in [-0.4, -0.2) is 188 Å². The molecule has 41 heteroatoms. The molecular formula is C56H53N31O10. The Kier molecular flexibility index (Phi) is 22.7. The molecule has 0 bridgehead atoms. The first-order valence-corrected chi connectivity index (χ1v) is 28.4. The number of phenolic OH excluding ortho intramolecular Hbond substituents is 1. The van der Waals surface area contributed by atoms with Gasteiger partial charge in [0.05, 0.1) is 36.8 Å². The van der Waals surface area contributed by atoms with Crippen LogP contribution >= 0.6 is 0 Å². The van der Waals surface area contributed by atoms with Gasteiger partial charge in [-0.2, -0.15) is 40.3 Å². The number of fused-ring (bicyclic) bond motifs is 3. The summed E-state index contributed by atoms with van der Waals surface area (Å²) in [5.41, 5.74) is 5.84. The molecule has 0 fully saturated rings. The van der Waals surface area contributed by atoms with Crippen molar-refractivity contribution < 1.29 is 33.4 Å². The fourth-order valence-electron chi connectivity index (χ4n) is 8.14. The maximum Gasteiger partial charge on any atom is 0.347 e. The molecule has 10 aromatic heterocycles. The molecule has 4 aromatic carbocycles. The second kappa shape index (κ2) is 32.7. The zero-order valence-electron chi connectivity index (χ0n) is 51.4. The lowest BCUT2D eigenvalue weighted by molar-refractivity contribution is -0.140. The Morgan fingerprint density at radius 3 is 1.91 bits per heavy atom. The number of aryl methyl sites for hydroxylation is 4. The molecule has 0 unspecified atom stereocenters. The van der Waals surface area contributed by atoms with Gasteiger partial charge in [-0.15, -0.1) is 45.9 Å². The Labute approximate surface area is 540 Å². The zero-order chi connectivity index (χ0) is 68.6. The number of carbonyl (C=O) groups excluding carboxylic acids is 4. The molecular weight excluding hydrogens is 1270 g/mol. The SMILES string of the molecule is CCc1ccc(O)c(C(=O)Cc2nn[nH]n2)c1.CCn1nnnc1CC(=O)OC.Cc1cc(=O)n2[nH]nnc2n1.Cc1ccc(-c2nn[nH]n2)cc1.O=C1CC(=O)C(c2nn[nH]n2)=CN1.O=c1cc(-c2ccccc2)nc2nn[nH]n12.O=c1oc2ccccc2cc1-c1nn[nH]n1. The van der Waals surface area contributed by atoms with Crippen LogP contribution < -0.4 is 22.1 Å². The Bertz CT molecular complexity index is 5100. The number of ether oxygens (including phenoxy) is 1. The van der Waals surface area contributed by atoms with Crippen LogP contribution in [0.5, 0.6) is 5.75 Å². The molecule has 0 spiro atoms. The molecule has 0 atom stereocenters. The van der Waals surface area contributed by atoms with Crippen LogP contribution in [0.15, 0.2) is 140 Å². The molecule has 11 heterocycles. The molecule has 15 rings (SSSR count). The number of nitrogens with zero attached hydrogens (tertiary/aromatic N) is 24. The lowest BCUT2D eigenvalue weighted by Gasteiger charge is -2.08. The van der Waals surface area contributed by atoms with E-state index in [-0.39, 0.29) is 82.6 Å². The first kappa shape index (κ1) is 67.2. The van der Waals surface area contributed by atoms with Crippen LogP contribution in [0.2, 0.25) is 0 Å². The van der Waals surface area contributed by atoms with Gasteiger partial charge in [0, 0.05) is 47.1 Å². The van der Waals surface area contributed by atoms with E-state index >= 15 is 0 Å². The van der Waals surface area contributed by atoms with Gasteiger partial charge in [-0.25, -0.2) is 19.4 Å². The number of carbonyl (C=O) groups is 4. The molecule has 97 heavy (non-hydrogen) atoms. The van der Waals surface area contributed by atoms with Crippen molar-refractivity contribution in [3.8, 4) is 39.8 Å². The number of aromatic hydroxyl groups is 1. The van der Waals surface area contributed by atoms with E-state index in [1.807, 2.05) is 87.5 Å². The van der Waals surface area contributed by atoms with E-state index in [0.717, 1.165) is 28.5 Å². The number of rotatable bonds is 11. The summed E-state index contributed by atoms with van der Waals surface area (Å²) in [5, 5.41) is 95.4. The molecule has 14 aromatic rings. The summed E-state index contributed by atoms with van der Waals surface area (Å²) in [5.74, 6) is 1.29. The van der Waals surface area contributed by atoms with Gasteiger partial charge >= 0.3 is 11.6 Å². The van der Waals surface area contributed by atoms with Crippen LogP contribution in [-0.2, 0) is 44.9 Å². The van der Waals surface area contributed by atoms with Crippen molar-refractivity contribution in [3.05, 3.63) is 192 Å². The van der Waals surface area contributed by atoms with Crippen molar-refractivity contribution in [1.82, 2.24) is 158 Å². The number of allylic oxidation sites excluding steroid dienone is 1. The molecule has 1 amide bonds. The van der Waals surface area contributed by atoms with Gasteiger partial charge in [-0.1, -0.05) is 107 Å². The summed E-state index contributed by atoms with van der Waals surface area (Å²) in [4.78, 5) is 87.3. The summed E-state index contributed by atoms with van der Waals surface area (Å²) in [6, 6.07) is 34.3. The highest BCUT2D eigenvalue weighted by atomic mass is 16.5. The summed E-state index contributed by atoms with van der Waals surface area (Å²) in [6.07, 6.45) is 2.08. The molecule has 1 aliphatic rings. The fourth-order valence-corrected chi connectivity index (χ4v) is 8.14. The van der Waals surface area contributed by atoms with Crippen LogP contribution in [0.1, 0.15) is 64.9 Å². The Hall–Kier alpha value is -14.2. The normalized spacial score (nSPS) is 11.3. The number of hydrogen-bond acceptors (Lipinski definition) is 31. The van der Waals surface area contributed by atoms with E-state index in [0.29, 0.717) is 57.9 Å². The average Bonchev–Trinajstić information content (AvgIpc) is 1.83. The quantitative estimate of drug-likeness (QED) is 0.0382. The van der Waals surface area contributed by atoms with Crippen molar-refractivity contribution in [1.29, 1.82) is 0 Å². The maximum atomic E-state index is 11.9. The first-order chi connectivity index (χ1) is 47.1. The number of ketones is 2. The van der Waals surface area contributed by atoms with E-state index in [4.69, 9.17) is 4.42 Å². The van der Waals surface area contributed by atoms with Crippen LogP contribution in [0, 0.1) is 13.8 Å². The van der Waals surface area contributed by atoms with Crippen molar-refractivity contribution in [2.24, 2.45) is 0 Å². The van der Waals surface area contributed by atoms with Crippen LogP contribution in [0.3, 0.4) is 0 Å². The number of tetrazole rings is 7. The van der Waals surface area contributed by atoms with Gasteiger partial charge in [0.2, 0.25) is 23.4 Å². The predicted molar refractivity (Wildman–Crippen MR) is 332 cm³/mol. The number of para-hydroxylation sites is 1. The number of phenols is 1. The predicted octanol–water partition coefficient (Wildman–Crippen LogP) is 0.680. The van der Waals surface area contributed by atoms with Gasteiger partial charge < -0.3 is 19.6 Å². The van der Waals surface area contributed by atoms with E-state index in [2.05, 4.69) is 149 Å². The zero-order valence-corrected chi connectivity index (χ0v) is 51.4. The number of esters is 1. The highest BCUT2D eigenvalue weighted by Crippen LogP contribution is 2.21. The molecule has 1 aliphatic heterocycles. The lowest BCUT2D eigenvalue weighted by atomic mass is 10.0. The van der Waals surface area contributed by atoms with Crippen molar-refractivity contribution >= 4 is 51.5 Å². The third kappa shape index (κ3) is 18.3. The summed E-state index contributed by atoms with van der Waals surface area (Å²) in [7, 11) is 1.34. The number of aromatic amines is 6. The second-order valence-electron chi connectivity index (χ2n) is 19.5. The van der Waals surface area contributed by atoms with Crippen molar-refractivity contribution in [3.63, 3.8) is 0 Å². The Morgan fingerprint density at radius 1 is 0.629 bits per heavy atom. The van der Waals surface area contributed by atoms with E-state index in [1.54, 1.807) is 41.9 Å². The molecule has 0 radical (unpaired) electrons. The number of aromatic nitrogens is 30. The minimum absolute atomic E-state index is 0.0179. The third-order valence-electron chi connectivity index (χ3n) is 12.9. The molecule has 0 saturated heterocycles. The van der Waals surface area contributed by atoms with Gasteiger partial charge in [0.25, 0.3) is 22.7 Å². The highest BCUT2D eigenvalue weighted by molar-refractivity contribution is 6.26. The molecule has 0 saturated carbocycles. The Morgan fingerprint density at radius 2 is 1.27 bits per heavy atom. The highest BCUT2D eigenvalue weighted by Gasteiger charge is 2.23. The first-order valence-electron chi connectivity index (χ1n) is 28.4. The molecule has 41 nitrogen and oxygen atoms in total. The van der Waals surface area contributed by atoms with Crippen molar-refractivity contribution in [2.75, 3.05) is 7.11 Å². The summed E-state index contributed by atoms with van der Waals surface area (Å²) >= 11 is 0.